The van der Waals surface area contributed by atoms with E-state index >= 15 is 0 Å². The van der Waals surface area contributed by atoms with Crippen LogP contribution in [-0.4, -0.2) is 16.5 Å². The first-order chi connectivity index (χ1) is 13.8. The Labute approximate surface area is 173 Å². The maximum atomic E-state index is 5.97. The standard InChI is InChI=1S/C25H30N4/c1-17-5-7-20(8-6-17)25(3,4)21-9-11-22(12-10-21)29-14-13-19-15-27-24(18(2)26)28-23(19)16-29/h5-12,15,18H,13-14,16,26H2,1-4H3. The number of nitrogens with two attached hydrogens (primary N) is 1. The molecule has 0 saturated carbocycles. The molecular formula is C25H30N4. The van der Waals surface area contributed by atoms with Crippen LogP contribution >= 0.6 is 0 Å². The molecule has 1 aliphatic heterocycles. The summed E-state index contributed by atoms with van der Waals surface area (Å²) >= 11 is 0. The zero-order valence-electron chi connectivity index (χ0n) is 17.8. The minimum atomic E-state index is -0.140. The van der Waals surface area contributed by atoms with E-state index in [1.54, 1.807) is 0 Å². The van der Waals surface area contributed by atoms with Crippen molar-refractivity contribution in [2.75, 3.05) is 11.4 Å². The van der Waals surface area contributed by atoms with Crippen LogP contribution in [0.3, 0.4) is 0 Å². The van der Waals surface area contributed by atoms with Gasteiger partial charge in [-0.3, -0.25) is 0 Å². The second-order valence-electron chi connectivity index (χ2n) is 8.70. The molecule has 2 heterocycles. The van der Waals surface area contributed by atoms with E-state index in [1.165, 1.54) is 27.9 Å². The van der Waals surface area contributed by atoms with Crippen LogP contribution in [0.2, 0.25) is 0 Å². The van der Waals surface area contributed by atoms with Crippen LogP contribution in [0.4, 0.5) is 5.69 Å². The molecule has 4 heteroatoms. The number of hydrogen-bond acceptors (Lipinski definition) is 4. The van der Waals surface area contributed by atoms with Crippen molar-refractivity contribution in [1.29, 1.82) is 0 Å². The Hall–Kier alpha value is -2.72. The average Bonchev–Trinajstić information content (AvgIpc) is 2.73. The summed E-state index contributed by atoms with van der Waals surface area (Å²) in [5.41, 5.74) is 13.5. The fourth-order valence-electron chi connectivity index (χ4n) is 3.98. The Bertz CT molecular complexity index is 988. The summed E-state index contributed by atoms with van der Waals surface area (Å²) in [6.45, 7) is 10.4. The molecule has 2 N–H and O–H groups in total. The lowest BCUT2D eigenvalue weighted by atomic mass is 9.78. The first-order valence-electron chi connectivity index (χ1n) is 10.4. The highest BCUT2D eigenvalue weighted by molar-refractivity contribution is 5.52. The van der Waals surface area contributed by atoms with E-state index in [0.717, 1.165) is 31.0 Å². The third-order valence-corrected chi connectivity index (χ3v) is 6.10. The van der Waals surface area contributed by atoms with Gasteiger partial charge in [0.2, 0.25) is 0 Å². The Kier molecular flexibility index (Phi) is 5.13. The normalized spacial score (nSPS) is 15.1. The van der Waals surface area contributed by atoms with Gasteiger partial charge in [-0.2, -0.15) is 0 Å². The number of anilines is 1. The first kappa shape index (κ1) is 19.6. The van der Waals surface area contributed by atoms with Crippen molar-refractivity contribution in [3.05, 3.63) is 88.5 Å². The minimum Gasteiger partial charge on any atom is -0.365 e. The van der Waals surface area contributed by atoms with Crippen molar-refractivity contribution in [2.24, 2.45) is 5.73 Å². The minimum absolute atomic E-state index is 0.0277. The van der Waals surface area contributed by atoms with Crippen LogP contribution in [0, 0.1) is 6.92 Å². The maximum Gasteiger partial charge on any atom is 0.145 e. The van der Waals surface area contributed by atoms with Gasteiger partial charge < -0.3 is 10.6 Å². The molecule has 0 amide bonds. The smallest absolute Gasteiger partial charge is 0.145 e. The number of rotatable bonds is 4. The summed E-state index contributed by atoms with van der Waals surface area (Å²) in [6.07, 6.45) is 2.91. The molecule has 1 aromatic heterocycles. The number of benzene rings is 2. The summed E-state index contributed by atoms with van der Waals surface area (Å²) in [6, 6.07) is 17.7. The Balaban J connectivity index is 1.55. The van der Waals surface area contributed by atoms with E-state index in [0.29, 0.717) is 0 Å². The molecule has 0 aliphatic carbocycles. The summed E-state index contributed by atoms with van der Waals surface area (Å²) in [5.74, 6) is 0.723. The van der Waals surface area contributed by atoms with Gasteiger partial charge in [0.25, 0.3) is 0 Å². The van der Waals surface area contributed by atoms with Gasteiger partial charge in [0, 0.05) is 23.8 Å². The van der Waals surface area contributed by atoms with Crippen molar-refractivity contribution in [3.63, 3.8) is 0 Å². The summed E-state index contributed by atoms with van der Waals surface area (Å²) < 4.78 is 0. The van der Waals surface area contributed by atoms with Crippen molar-refractivity contribution < 1.29 is 0 Å². The predicted octanol–water partition coefficient (Wildman–Crippen LogP) is 4.69. The number of fused-ring (bicyclic) bond motifs is 1. The van der Waals surface area contributed by atoms with Gasteiger partial charge in [-0.15, -0.1) is 0 Å². The SMILES string of the molecule is Cc1ccc(C(C)(C)c2ccc(N3CCc4cnc(C(C)N)nc4C3)cc2)cc1. The Morgan fingerprint density at radius 3 is 2.24 bits per heavy atom. The van der Waals surface area contributed by atoms with Crippen molar-refractivity contribution in [1.82, 2.24) is 9.97 Å². The van der Waals surface area contributed by atoms with Crippen LogP contribution in [-0.2, 0) is 18.4 Å². The lowest BCUT2D eigenvalue weighted by Gasteiger charge is -2.31. The van der Waals surface area contributed by atoms with E-state index < -0.39 is 0 Å². The molecule has 3 aromatic rings. The molecule has 0 bridgehead atoms. The van der Waals surface area contributed by atoms with Crippen LogP contribution in [0.5, 0.6) is 0 Å². The zero-order valence-corrected chi connectivity index (χ0v) is 17.8. The highest BCUT2D eigenvalue weighted by Gasteiger charge is 2.24. The van der Waals surface area contributed by atoms with Gasteiger partial charge in [-0.05, 0) is 49.1 Å². The van der Waals surface area contributed by atoms with Gasteiger partial charge in [-0.25, -0.2) is 9.97 Å². The summed E-state index contributed by atoms with van der Waals surface area (Å²) in [4.78, 5) is 11.5. The fraction of sp³-hybridized carbons (Fsp3) is 0.360. The van der Waals surface area contributed by atoms with Gasteiger partial charge in [0.1, 0.15) is 5.82 Å². The Morgan fingerprint density at radius 1 is 1.00 bits per heavy atom. The van der Waals surface area contributed by atoms with E-state index in [2.05, 4.69) is 79.2 Å². The van der Waals surface area contributed by atoms with Gasteiger partial charge in [-0.1, -0.05) is 55.8 Å². The monoisotopic (exact) mass is 386 g/mol. The molecule has 0 saturated heterocycles. The Morgan fingerprint density at radius 2 is 1.62 bits per heavy atom. The molecule has 4 nitrogen and oxygen atoms in total. The summed E-state index contributed by atoms with van der Waals surface area (Å²) in [5, 5.41) is 0. The molecule has 150 valence electrons. The van der Waals surface area contributed by atoms with Crippen LogP contribution in [0.25, 0.3) is 0 Å². The van der Waals surface area contributed by atoms with E-state index in [9.17, 15) is 0 Å². The van der Waals surface area contributed by atoms with E-state index in [-0.39, 0.29) is 11.5 Å². The van der Waals surface area contributed by atoms with E-state index in [1.807, 2.05) is 13.1 Å². The number of nitrogens with zero attached hydrogens (tertiary/aromatic N) is 3. The third kappa shape index (κ3) is 3.90. The molecule has 4 rings (SSSR count). The topological polar surface area (TPSA) is 55.0 Å². The van der Waals surface area contributed by atoms with Gasteiger partial charge in [0.05, 0.1) is 18.3 Å². The molecular weight excluding hydrogens is 356 g/mol. The third-order valence-electron chi connectivity index (χ3n) is 6.10. The lowest BCUT2D eigenvalue weighted by Crippen LogP contribution is -2.32. The highest BCUT2D eigenvalue weighted by Crippen LogP contribution is 2.33. The van der Waals surface area contributed by atoms with Gasteiger partial charge >= 0.3 is 0 Å². The molecule has 1 atom stereocenters. The molecule has 1 aliphatic rings. The second-order valence-corrected chi connectivity index (χ2v) is 8.70. The molecule has 2 aromatic carbocycles. The van der Waals surface area contributed by atoms with Crippen molar-refractivity contribution in [3.8, 4) is 0 Å². The average molecular weight is 387 g/mol. The van der Waals surface area contributed by atoms with Crippen molar-refractivity contribution in [2.45, 2.75) is 52.1 Å². The molecule has 0 spiro atoms. The van der Waals surface area contributed by atoms with Crippen LogP contribution in [0.15, 0.2) is 54.7 Å². The van der Waals surface area contributed by atoms with Crippen LogP contribution in [0.1, 0.15) is 60.6 Å². The first-order valence-corrected chi connectivity index (χ1v) is 10.4. The van der Waals surface area contributed by atoms with Gasteiger partial charge in [0.15, 0.2) is 0 Å². The second kappa shape index (κ2) is 7.60. The number of hydrogen-bond donors (Lipinski definition) is 1. The lowest BCUT2D eigenvalue weighted by molar-refractivity contribution is 0.639. The van der Waals surface area contributed by atoms with Crippen molar-refractivity contribution >= 4 is 5.69 Å². The molecule has 1 unspecified atom stereocenters. The summed E-state index contributed by atoms with van der Waals surface area (Å²) in [7, 11) is 0. The molecule has 0 fully saturated rings. The maximum absolute atomic E-state index is 5.97. The largest absolute Gasteiger partial charge is 0.365 e. The molecule has 29 heavy (non-hydrogen) atoms. The fourth-order valence-corrected chi connectivity index (χ4v) is 3.98. The highest BCUT2D eigenvalue weighted by atomic mass is 15.1. The quantitative estimate of drug-likeness (QED) is 0.706. The van der Waals surface area contributed by atoms with Crippen LogP contribution < -0.4 is 10.6 Å². The number of aryl methyl sites for hydroxylation is 1. The molecule has 0 radical (unpaired) electrons. The number of aromatic nitrogens is 2. The van der Waals surface area contributed by atoms with E-state index in [4.69, 9.17) is 10.7 Å². The zero-order chi connectivity index (χ0) is 20.6. The predicted molar refractivity (Wildman–Crippen MR) is 119 cm³/mol.